The minimum Gasteiger partial charge on any atom is -0.338 e. The lowest BCUT2D eigenvalue weighted by Crippen LogP contribution is -2.35. The minimum atomic E-state index is 0.492. The third-order valence-electron chi connectivity index (χ3n) is 5.16. The Hall–Kier alpha value is -1.59. The molecule has 4 nitrogen and oxygen atoms in total. The minimum absolute atomic E-state index is 0.492. The fourth-order valence-corrected chi connectivity index (χ4v) is 3.95. The van der Waals surface area contributed by atoms with E-state index < -0.39 is 0 Å². The average Bonchev–Trinajstić information content (AvgIpc) is 3.15. The van der Waals surface area contributed by atoms with Crippen LogP contribution in [0, 0.1) is 0 Å². The summed E-state index contributed by atoms with van der Waals surface area (Å²) in [6, 6.07) is 12.2. The maximum absolute atomic E-state index is 6.25. The number of benzene rings is 2. The van der Waals surface area contributed by atoms with E-state index in [1.165, 1.54) is 37.9 Å². The van der Waals surface area contributed by atoms with Gasteiger partial charge in [-0.05, 0) is 43.6 Å². The summed E-state index contributed by atoms with van der Waals surface area (Å²) >= 11 is 12.3. The number of rotatable bonds is 6. The zero-order valence-electron chi connectivity index (χ0n) is 15.3. The molecule has 2 heterocycles. The molecular formula is C21H24Cl2N4. The van der Waals surface area contributed by atoms with Gasteiger partial charge >= 0.3 is 0 Å². The lowest BCUT2D eigenvalue weighted by atomic mass is 10.1. The Bertz CT molecular complexity index is 898. The Morgan fingerprint density at radius 3 is 2.56 bits per heavy atom. The first kappa shape index (κ1) is 18.8. The molecule has 1 aromatic heterocycles. The number of likely N-dealkylation sites (tertiary alicyclic amines) is 1. The Kier molecular flexibility index (Phi) is 5.98. The van der Waals surface area contributed by atoms with E-state index in [9.17, 15) is 0 Å². The number of H-pyrrole nitrogens is 1. The van der Waals surface area contributed by atoms with Crippen LogP contribution in [0.1, 0.15) is 24.8 Å². The van der Waals surface area contributed by atoms with Gasteiger partial charge in [0.25, 0.3) is 0 Å². The van der Waals surface area contributed by atoms with Gasteiger partial charge in [0.05, 0.1) is 15.6 Å². The molecule has 0 radical (unpaired) electrons. The number of aromatic amines is 1. The molecule has 6 heteroatoms. The molecule has 0 aliphatic carbocycles. The molecular weight excluding hydrogens is 379 g/mol. The number of piperidine rings is 1. The summed E-state index contributed by atoms with van der Waals surface area (Å²) in [6.45, 7) is 5.56. The van der Waals surface area contributed by atoms with Gasteiger partial charge in [-0.15, -0.1) is 0 Å². The largest absolute Gasteiger partial charge is 0.338 e. The molecule has 0 amide bonds. The van der Waals surface area contributed by atoms with Crippen LogP contribution >= 0.6 is 23.2 Å². The van der Waals surface area contributed by atoms with E-state index in [1.54, 1.807) is 6.07 Å². The van der Waals surface area contributed by atoms with Crippen molar-refractivity contribution in [1.82, 2.24) is 20.2 Å². The summed E-state index contributed by atoms with van der Waals surface area (Å²) in [5, 5.41) is 4.56. The number of hydrogen-bond acceptors (Lipinski definition) is 3. The zero-order valence-corrected chi connectivity index (χ0v) is 16.8. The molecule has 3 aromatic rings. The van der Waals surface area contributed by atoms with Crippen LogP contribution in [-0.4, -0.2) is 41.0 Å². The van der Waals surface area contributed by atoms with Crippen LogP contribution in [0.3, 0.4) is 0 Å². The van der Waals surface area contributed by atoms with Crippen molar-refractivity contribution < 1.29 is 0 Å². The summed E-state index contributed by atoms with van der Waals surface area (Å²) < 4.78 is 0. The predicted molar refractivity (Wildman–Crippen MR) is 114 cm³/mol. The highest BCUT2D eigenvalue weighted by molar-refractivity contribution is 6.44. The molecule has 1 aliphatic heterocycles. The number of hydrogen-bond donors (Lipinski definition) is 2. The van der Waals surface area contributed by atoms with Crippen molar-refractivity contribution in [2.75, 3.05) is 26.2 Å². The van der Waals surface area contributed by atoms with Gasteiger partial charge in [0.2, 0.25) is 0 Å². The Morgan fingerprint density at radius 1 is 1.00 bits per heavy atom. The molecule has 1 fully saturated rings. The number of nitrogens with one attached hydrogen (secondary N) is 2. The molecule has 0 bridgehead atoms. The second-order valence-corrected chi connectivity index (χ2v) is 7.90. The van der Waals surface area contributed by atoms with Crippen LogP contribution in [0.25, 0.3) is 22.4 Å². The molecule has 4 rings (SSSR count). The lowest BCUT2D eigenvalue weighted by Gasteiger charge is -2.26. The van der Waals surface area contributed by atoms with Crippen LogP contribution in [0.2, 0.25) is 10.0 Å². The molecule has 0 saturated carbocycles. The molecule has 2 aromatic carbocycles. The Labute approximate surface area is 169 Å². The second kappa shape index (κ2) is 8.61. The van der Waals surface area contributed by atoms with E-state index in [4.69, 9.17) is 23.2 Å². The van der Waals surface area contributed by atoms with Gasteiger partial charge in [-0.1, -0.05) is 53.9 Å². The van der Waals surface area contributed by atoms with Crippen LogP contribution in [0.5, 0.6) is 0 Å². The lowest BCUT2D eigenvalue weighted by molar-refractivity contribution is 0.229. The predicted octanol–water partition coefficient (Wildman–Crippen LogP) is 5.11. The normalized spacial score (nSPS) is 15.5. The Balaban J connectivity index is 1.35. The quantitative estimate of drug-likeness (QED) is 0.562. The fraction of sp³-hybridized carbons (Fsp3) is 0.381. The summed E-state index contributed by atoms with van der Waals surface area (Å²) in [5.41, 5.74) is 3.91. The van der Waals surface area contributed by atoms with Crippen molar-refractivity contribution in [3.8, 4) is 11.4 Å². The van der Waals surface area contributed by atoms with Crippen LogP contribution < -0.4 is 5.32 Å². The average molecular weight is 403 g/mol. The first-order valence-electron chi connectivity index (χ1n) is 9.57. The smallest absolute Gasteiger partial charge is 0.138 e. The molecule has 142 valence electrons. The molecule has 1 saturated heterocycles. The zero-order chi connectivity index (χ0) is 18.6. The molecule has 1 aliphatic rings. The number of aromatic nitrogens is 2. The van der Waals surface area contributed by atoms with Crippen molar-refractivity contribution in [3.05, 3.63) is 52.0 Å². The number of halogens is 2. The first-order chi connectivity index (χ1) is 13.2. The van der Waals surface area contributed by atoms with Crippen molar-refractivity contribution in [2.24, 2.45) is 0 Å². The monoisotopic (exact) mass is 402 g/mol. The van der Waals surface area contributed by atoms with Crippen molar-refractivity contribution in [1.29, 1.82) is 0 Å². The second-order valence-electron chi connectivity index (χ2n) is 7.12. The third kappa shape index (κ3) is 4.46. The highest BCUT2D eigenvalue weighted by Gasteiger charge is 2.11. The van der Waals surface area contributed by atoms with Gasteiger partial charge in [-0.25, -0.2) is 4.98 Å². The van der Waals surface area contributed by atoms with E-state index in [-0.39, 0.29) is 0 Å². The molecule has 0 atom stereocenters. The van der Waals surface area contributed by atoms with Gasteiger partial charge < -0.3 is 15.2 Å². The maximum Gasteiger partial charge on any atom is 0.138 e. The fourth-order valence-electron chi connectivity index (χ4n) is 3.59. The summed E-state index contributed by atoms with van der Waals surface area (Å²) in [4.78, 5) is 10.5. The SMILES string of the molecule is Clc1ccc2[nH]c(-c3ccc(CNCCN4CCCCC4)cc3)nc2c1Cl. The standard InChI is InChI=1S/C21H24Cl2N4/c22-17-8-9-18-20(19(17)23)26-21(25-18)16-6-4-15(5-7-16)14-24-10-13-27-11-2-1-3-12-27/h4-9,24H,1-3,10-14H2,(H,25,26). The molecule has 27 heavy (non-hydrogen) atoms. The number of fused-ring (bicyclic) bond motifs is 1. The first-order valence-corrected chi connectivity index (χ1v) is 10.3. The van der Waals surface area contributed by atoms with Crippen LogP contribution in [0.4, 0.5) is 0 Å². The number of nitrogens with zero attached hydrogens (tertiary/aromatic N) is 2. The van der Waals surface area contributed by atoms with E-state index in [0.717, 1.165) is 36.5 Å². The number of imidazole rings is 1. The Morgan fingerprint density at radius 2 is 1.78 bits per heavy atom. The van der Waals surface area contributed by atoms with Gasteiger partial charge in [-0.2, -0.15) is 0 Å². The molecule has 0 unspecified atom stereocenters. The van der Waals surface area contributed by atoms with Crippen LogP contribution in [0.15, 0.2) is 36.4 Å². The molecule has 0 spiro atoms. The van der Waals surface area contributed by atoms with Gasteiger partial charge in [0, 0.05) is 25.2 Å². The van der Waals surface area contributed by atoms with E-state index in [1.807, 2.05) is 6.07 Å². The third-order valence-corrected chi connectivity index (χ3v) is 5.95. The van der Waals surface area contributed by atoms with E-state index in [0.29, 0.717) is 15.6 Å². The summed E-state index contributed by atoms with van der Waals surface area (Å²) in [6.07, 6.45) is 4.09. The van der Waals surface area contributed by atoms with E-state index in [2.05, 4.69) is 44.5 Å². The van der Waals surface area contributed by atoms with Gasteiger partial charge in [0.1, 0.15) is 11.3 Å². The molecule has 2 N–H and O–H groups in total. The maximum atomic E-state index is 6.25. The highest BCUT2D eigenvalue weighted by atomic mass is 35.5. The van der Waals surface area contributed by atoms with Crippen molar-refractivity contribution >= 4 is 34.2 Å². The van der Waals surface area contributed by atoms with Crippen molar-refractivity contribution in [3.63, 3.8) is 0 Å². The topological polar surface area (TPSA) is 44.0 Å². The van der Waals surface area contributed by atoms with E-state index >= 15 is 0 Å². The van der Waals surface area contributed by atoms with Gasteiger partial charge in [-0.3, -0.25) is 0 Å². The van der Waals surface area contributed by atoms with Gasteiger partial charge in [0.15, 0.2) is 0 Å². The summed E-state index contributed by atoms with van der Waals surface area (Å²) in [5.74, 6) is 0.804. The van der Waals surface area contributed by atoms with Crippen LogP contribution in [-0.2, 0) is 6.54 Å². The summed E-state index contributed by atoms with van der Waals surface area (Å²) in [7, 11) is 0. The van der Waals surface area contributed by atoms with Crippen molar-refractivity contribution in [2.45, 2.75) is 25.8 Å². The highest BCUT2D eigenvalue weighted by Crippen LogP contribution is 2.31.